The minimum absolute atomic E-state index is 0.0316. The largest absolute Gasteiger partial charge is 0.442 e. The third-order valence-electron chi connectivity index (χ3n) is 3.17. The normalized spacial score (nSPS) is 11.6. The topological polar surface area (TPSA) is 66.2 Å². The Hall–Kier alpha value is -2.30. The Morgan fingerprint density at radius 3 is 2.62 bits per heavy atom. The summed E-state index contributed by atoms with van der Waals surface area (Å²) in [6.07, 6.45) is 0.803. The molecule has 0 aliphatic carbocycles. The van der Waals surface area contributed by atoms with Crippen LogP contribution in [0.1, 0.15) is 20.8 Å². The van der Waals surface area contributed by atoms with E-state index in [2.05, 4.69) is 10.1 Å². The van der Waals surface area contributed by atoms with Crippen LogP contribution in [0, 0.1) is 15.3 Å². The highest BCUT2D eigenvalue weighted by Gasteiger charge is 2.22. The lowest BCUT2D eigenvalue weighted by Crippen LogP contribution is -2.27. The number of hydrogen-bond donors (Lipinski definition) is 0. The van der Waals surface area contributed by atoms with Crippen molar-refractivity contribution in [3.8, 4) is 11.6 Å². The first-order chi connectivity index (χ1) is 12.1. The maximum atomic E-state index is 13.8. The summed E-state index contributed by atoms with van der Waals surface area (Å²) < 4.78 is 39.1. The van der Waals surface area contributed by atoms with Gasteiger partial charge in [-0.25, -0.2) is 18.6 Å². The molecule has 0 saturated carbocycles. The number of nitrogens with zero attached hydrogens (tertiary/aromatic N) is 3. The van der Waals surface area contributed by atoms with E-state index >= 15 is 0 Å². The SMILES string of the molecule is CC(C)(C)OC(=O)n1nc(I)c2cnc(Oc3ccc(F)cc3F)cc21. The maximum absolute atomic E-state index is 13.8. The van der Waals surface area contributed by atoms with Crippen LogP contribution in [0.25, 0.3) is 10.9 Å². The molecule has 0 N–H and O–H groups in total. The van der Waals surface area contributed by atoms with Crippen molar-refractivity contribution in [2.45, 2.75) is 26.4 Å². The van der Waals surface area contributed by atoms with E-state index in [4.69, 9.17) is 9.47 Å². The summed E-state index contributed by atoms with van der Waals surface area (Å²) in [6, 6.07) is 4.38. The second-order valence-electron chi connectivity index (χ2n) is 6.40. The van der Waals surface area contributed by atoms with Crippen LogP contribution in [0.15, 0.2) is 30.5 Å². The number of rotatable bonds is 2. The maximum Gasteiger partial charge on any atom is 0.435 e. The molecule has 3 rings (SSSR count). The van der Waals surface area contributed by atoms with E-state index in [0.29, 0.717) is 20.7 Å². The molecule has 26 heavy (non-hydrogen) atoms. The number of aromatic nitrogens is 3. The summed E-state index contributed by atoms with van der Waals surface area (Å²) in [7, 11) is 0. The first kappa shape index (κ1) is 18.5. The van der Waals surface area contributed by atoms with E-state index in [1.807, 2.05) is 22.6 Å². The Balaban J connectivity index is 1.99. The molecule has 3 aromatic rings. The third-order valence-corrected chi connectivity index (χ3v) is 3.97. The predicted molar refractivity (Wildman–Crippen MR) is 98.3 cm³/mol. The molecule has 0 unspecified atom stereocenters. The van der Waals surface area contributed by atoms with Gasteiger partial charge in [0.05, 0.1) is 10.9 Å². The molecule has 136 valence electrons. The number of fused-ring (bicyclic) bond motifs is 1. The highest BCUT2D eigenvalue weighted by Crippen LogP contribution is 2.28. The number of benzene rings is 1. The molecule has 1 aromatic carbocycles. The molecule has 0 fully saturated rings. The summed E-state index contributed by atoms with van der Waals surface area (Å²) in [4.78, 5) is 16.4. The molecule has 0 spiro atoms. The summed E-state index contributed by atoms with van der Waals surface area (Å²) >= 11 is 1.97. The molecule has 2 aromatic heterocycles. The van der Waals surface area contributed by atoms with Gasteiger partial charge in [-0.2, -0.15) is 9.78 Å². The standard InChI is InChI=1S/C17H14F2IN3O3/c1-17(2,3)26-16(24)23-12-7-14(21-8-10(12)15(20)22-23)25-13-5-4-9(18)6-11(13)19/h4-8H,1-3H3. The van der Waals surface area contributed by atoms with Gasteiger partial charge in [0.2, 0.25) is 5.88 Å². The second kappa shape index (κ2) is 6.78. The van der Waals surface area contributed by atoms with Gasteiger partial charge in [0.1, 0.15) is 15.1 Å². The molecule has 2 heterocycles. The number of pyridine rings is 1. The van der Waals surface area contributed by atoms with Crippen molar-refractivity contribution in [1.29, 1.82) is 0 Å². The number of carbonyl (C=O) groups excluding carboxylic acids is 1. The van der Waals surface area contributed by atoms with Crippen molar-refractivity contribution in [2.75, 3.05) is 0 Å². The molecule has 0 aliphatic heterocycles. The van der Waals surface area contributed by atoms with Crippen LogP contribution in [-0.2, 0) is 4.74 Å². The Morgan fingerprint density at radius 1 is 1.23 bits per heavy atom. The summed E-state index contributed by atoms with van der Waals surface area (Å²) in [5, 5.41) is 4.77. The van der Waals surface area contributed by atoms with E-state index in [1.54, 1.807) is 20.8 Å². The van der Waals surface area contributed by atoms with Crippen molar-refractivity contribution in [1.82, 2.24) is 14.8 Å². The van der Waals surface area contributed by atoms with Crippen LogP contribution in [0.4, 0.5) is 13.6 Å². The fourth-order valence-electron chi connectivity index (χ4n) is 2.13. The van der Waals surface area contributed by atoms with E-state index in [-0.39, 0.29) is 11.6 Å². The molecule has 0 radical (unpaired) electrons. The first-order valence-corrected chi connectivity index (χ1v) is 8.62. The molecule has 6 nitrogen and oxygen atoms in total. The average molecular weight is 473 g/mol. The minimum Gasteiger partial charge on any atom is -0.442 e. The van der Waals surface area contributed by atoms with Crippen molar-refractivity contribution in [2.24, 2.45) is 0 Å². The van der Waals surface area contributed by atoms with Gasteiger partial charge in [-0.1, -0.05) is 0 Å². The summed E-state index contributed by atoms with van der Waals surface area (Å²) in [5.41, 5.74) is -0.291. The van der Waals surface area contributed by atoms with Crippen LogP contribution in [0.2, 0.25) is 0 Å². The minimum atomic E-state index is -0.859. The Kier molecular flexibility index (Phi) is 4.82. The van der Waals surface area contributed by atoms with Crippen molar-refractivity contribution in [3.63, 3.8) is 0 Å². The lowest BCUT2D eigenvalue weighted by molar-refractivity contribution is 0.0522. The predicted octanol–water partition coefficient (Wildman–Crippen LogP) is 4.89. The van der Waals surface area contributed by atoms with E-state index in [1.165, 1.54) is 12.3 Å². The number of halogens is 3. The molecule has 0 aliphatic rings. The zero-order chi connectivity index (χ0) is 19.1. The monoisotopic (exact) mass is 473 g/mol. The van der Waals surface area contributed by atoms with Gasteiger partial charge in [-0.15, -0.1) is 0 Å². The van der Waals surface area contributed by atoms with Crippen LogP contribution >= 0.6 is 22.6 Å². The smallest absolute Gasteiger partial charge is 0.435 e. The Labute approximate surface area is 161 Å². The van der Waals surface area contributed by atoms with Gasteiger partial charge in [0.15, 0.2) is 11.6 Å². The quantitative estimate of drug-likeness (QED) is 0.496. The molecule has 0 bridgehead atoms. The molecular weight excluding hydrogens is 459 g/mol. The highest BCUT2D eigenvalue weighted by atomic mass is 127. The second-order valence-corrected chi connectivity index (χ2v) is 7.42. The molecular formula is C17H14F2IN3O3. The zero-order valence-corrected chi connectivity index (χ0v) is 16.2. The van der Waals surface area contributed by atoms with Gasteiger partial charge >= 0.3 is 6.09 Å². The van der Waals surface area contributed by atoms with Crippen LogP contribution in [0.5, 0.6) is 11.6 Å². The van der Waals surface area contributed by atoms with Crippen molar-refractivity contribution >= 4 is 39.6 Å². The van der Waals surface area contributed by atoms with Crippen molar-refractivity contribution in [3.05, 3.63) is 45.8 Å². The lowest BCUT2D eigenvalue weighted by Gasteiger charge is -2.19. The fraction of sp³-hybridized carbons (Fsp3) is 0.235. The van der Waals surface area contributed by atoms with E-state index in [9.17, 15) is 13.6 Å². The molecule has 0 atom stereocenters. The van der Waals surface area contributed by atoms with Crippen LogP contribution in [-0.4, -0.2) is 26.5 Å². The van der Waals surface area contributed by atoms with E-state index < -0.39 is 23.3 Å². The Bertz CT molecular complexity index is 999. The highest BCUT2D eigenvalue weighted by molar-refractivity contribution is 14.1. The number of hydrogen-bond acceptors (Lipinski definition) is 5. The van der Waals surface area contributed by atoms with E-state index in [0.717, 1.165) is 16.8 Å². The summed E-state index contributed by atoms with van der Waals surface area (Å²) in [5.74, 6) is -1.72. The summed E-state index contributed by atoms with van der Waals surface area (Å²) in [6.45, 7) is 5.24. The van der Waals surface area contributed by atoms with Gasteiger partial charge in [0.25, 0.3) is 0 Å². The van der Waals surface area contributed by atoms with Crippen LogP contribution < -0.4 is 4.74 Å². The van der Waals surface area contributed by atoms with Gasteiger partial charge in [-0.05, 0) is 55.5 Å². The number of ether oxygens (including phenoxy) is 2. The van der Waals surface area contributed by atoms with Crippen LogP contribution in [0.3, 0.4) is 0 Å². The first-order valence-electron chi connectivity index (χ1n) is 7.54. The average Bonchev–Trinajstić information content (AvgIpc) is 2.85. The molecule has 0 saturated heterocycles. The lowest BCUT2D eigenvalue weighted by atomic mass is 10.2. The fourth-order valence-corrected chi connectivity index (χ4v) is 2.76. The zero-order valence-electron chi connectivity index (χ0n) is 14.1. The third kappa shape index (κ3) is 3.92. The molecule has 9 heteroatoms. The number of carbonyl (C=O) groups is 1. The van der Waals surface area contributed by atoms with Crippen molar-refractivity contribution < 1.29 is 23.0 Å². The van der Waals surface area contributed by atoms with Gasteiger partial charge < -0.3 is 9.47 Å². The molecule has 0 amide bonds. The van der Waals surface area contributed by atoms with Gasteiger partial charge in [-0.3, -0.25) is 0 Å². The Morgan fingerprint density at radius 2 is 1.96 bits per heavy atom. The van der Waals surface area contributed by atoms with Gasteiger partial charge in [0, 0.05) is 18.3 Å².